The second-order valence-corrected chi connectivity index (χ2v) is 14.3. The van der Waals surface area contributed by atoms with Crippen molar-refractivity contribution in [3.8, 4) is 0 Å². The molecule has 53 heavy (non-hydrogen) atoms. The SMILES string of the molecule is CN(Cc1ccc(N2CCC(=O)NC2=O)cn1)C1CCN(c2ccc3nc(NC(=O)c4cccc(C(F)(F)F)c4)n(C4CCC(CO)CC4)c3c2)CC1. The molecule has 1 aliphatic carbocycles. The summed E-state index contributed by atoms with van der Waals surface area (Å²) in [4.78, 5) is 52.5. The predicted octanol–water partition coefficient (Wildman–Crippen LogP) is 5.97. The van der Waals surface area contributed by atoms with E-state index in [0.29, 0.717) is 36.3 Å². The van der Waals surface area contributed by atoms with Crippen molar-refractivity contribution >= 4 is 46.2 Å². The lowest BCUT2D eigenvalue weighted by atomic mass is 9.86. The van der Waals surface area contributed by atoms with E-state index in [1.807, 2.05) is 28.8 Å². The third-order valence-corrected chi connectivity index (χ3v) is 10.8. The number of carbonyl (C=O) groups excluding carboxylic acids is 3. The second kappa shape index (κ2) is 15.1. The van der Waals surface area contributed by atoms with Gasteiger partial charge in [0.1, 0.15) is 0 Å². The molecule has 3 aliphatic rings. The summed E-state index contributed by atoms with van der Waals surface area (Å²) in [5.41, 5.74) is 3.09. The van der Waals surface area contributed by atoms with Gasteiger partial charge in [-0.1, -0.05) is 6.07 Å². The van der Waals surface area contributed by atoms with E-state index in [4.69, 9.17) is 4.98 Å². The quantitative estimate of drug-likeness (QED) is 0.192. The van der Waals surface area contributed by atoms with Crippen LogP contribution in [0.5, 0.6) is 0 Å². The minimum absolute atomic E-state index is 0.00173. The molecule has 3 N–H and O–H groups in total. The monoisotopic (exact) mass is 732 g/mol. The number of carbonyl (C=O) groups is 3. The maximum Gasteiger partial charge on any atom is 0.416 e. The van der Waals surface area contributed by atoms with Crippen LogP contribution in [0.3, 0.4) is 0 Å². The smallest absolute Gasteiger partial charge is 0.396 e. The van der Waals surface area contributed by atoms with E-state index >= 15 is 0 Å². The number of urea groups is 1. The number of aliphatic hydroxyl groups is 1. The van der Waals surface area contributed by atoms with Gasteiger partial charge in [0.25, 0.3) is 5.91 Å². The number of alkyl halides is 3. The molecule has 0 radical (unpaired) electrons. The van der Waals surface area contributed by atoms with Gasteiger partial charge < -0.3 is 14.6 Å². The van der Waals surface area contributed by atoms with Crippen LogP contribution >= 0.6 is 0 Å². The summed E-state index contributed by atoms with van der Waals surface area (Å²) in [5, 5.41) is 14.9. The number of fused-ring (bicyclic) bond motifs is 1. The van der Waals surface area contributed by atoms with Crippen LogP contribution in [-0.2, 0) is 17.5 Å². The molecule has 2 aromatic heterocycles. The van der Waals surface area contributed by atoms with Crippen molar-refractivity contribution in [2.45, 2.75) is 69.8 Å². The summed E-state index contributed by atoms with van der Waals surface area (Å²) in [6.45, 7) is 2.74. The summed E-state index contributed by atoms with van der Waals surface area (Å²) < 4.78 is 42.2. The van der Waals surface area contributed by atoms with Crippen LogP contribution in [-0.4, -0.2) is 81.7 Å². The van der Waals surface area contributed by atoms with Crippen LogP contribution < -0.4 is 20.4 Å². The van der Waals surface area contributed by atoms with Gasteiger partial charge in [0, 0.05) is 62.5 Å². The number of nitrogens with zero attached hydrogens (tertiary/aromatic N) is 6. The molecule has 2 aromatic carbocycles. The van der Waals surface area contributed by atoms with Crippen molar-refractivity contribution in [1.82, 2.24) is 24.8 Å². The number of hydrogen-bond acceptors (Lipinski definition) is 8. The Morgan fingerprint density at radius 2 is 1.74 bits per heavy atom. The van der Waals surface area contributed by atoms with Gasteiger partial charge in [-0.05, 0) is 100 Å². The zero-order chi connectivity index (χ0) is 37.3. The second-order valence-electron chi connectivity index (χ2n) is 14.3. The molecule has 4 aromatic rings. The topological polar surface area (TPSA) is 136 Å². The molecule has 4 amide bonds. The Morgan fingerprint density at radius 1 is 0.981 bits per heavy atom. The first-order valence-electron chi connectivity index (χ1n) is 18.1. The molecule has 4 heterocycles. The first-order valence-corrected chi connectivity index (χ1v) is 18.1. The number of aliphatic hydroxyl groups excluding tert-OH is 1. The molecule has 0 atom stereocenters. The Morgan fingerprint density at radius 3 is 2.42 bits per heavy atom. The zero-order valence-electron chi connectivity index (χ0n) is 29.5. The number of pyridine rings is 1. The highest BCUT2D eigenvalue weighted by Crippen LogP contribution is 2.38. The Kier molecular flexibility index (Phi) is 10.4. The van der Waals surface area contributed by atoms with Gasteiger partial charge in [-0.15, -0.1) is 0 Å². The standard InChI is InChI=1S/C38H43F3N8O4/c1-46(22-27-7-10-31(21-42-27)48-18-15-34(51)44-37(48)53)28-13-16-47(17-14-28)30-11-12-32-33(20-30)49(29-8-5-24(23-50)6-9-29)36(43-32)45-35(52)25-3-2-4-26(19-25)38(39,40)41/h2-4,7,10-12,19-21,24,28-29,50H,5-6,8-9,13-18,22-23H2,1H3,(H,43,45,52)(H,44,51,53). The molecular weight excluding hydrogens is 689 g/mol. The molecule has 0 spiro atoms. The molecule has 7 rings (SSSR count). The normalized spacial score (nSPS) is 20.3. The molecule has 1 saturated carbocycles. The van der Waals surface area contributed by atoms with Crippen molar-refractivity contribution in [3.05, 3.63) is 77.6 Å². The minimum Gasteiger partial charge on any atom is -0.396 e. The van der Waals surface area contributed by atoms with Gasteiger partial charge in [0.2, 0.25) is 11.9 Å². The minimum atomic E-state index is -4.57. The largest absolute Gasteiger partial charge is 0.416 e. The lowest BCUT2D eigenvalue weighted by Gasteiger charge is -2.38. The molecule has 0 unspecified atom stereocenters. The highest BCUT2D eigenvalue weighted by atomic mass is 19.4. The van der Waals surface area contributed by atoms with Gasteiger partial charge >= 0.3 is 12.2 Å². The van der Waals surface area contributed by atoms with Gasteiger partial charge in [-0.2, -0.15) is 13.2 Å². The molecular formula is C38H43F3N8O4. The number of imide groups is 1. The maximum atomic E-state index is 13.4. The first-order chi connectivity index (χ1) is 25.5. The average Bonchev–Trinajstić information content (AvgIpc) is 3.52. The maximum absolute atomic E-state index is 13.4. The molecule has 15 heteroatoms. The lowest BCUT2D eigenvalue weighted by Crippen LogP contribution is -2.49. The van der Waals surface area contributed by atoms with E-state index in [1.54, 1.807) is 6.20 Å². The molecule has 2 aliphatic heterocycles. The number of amides is 4. The van der Waals surface area contributed by atoms with E-state index < -0.39 is 23.7 Å². The first kappa shape index (κ1) is 36.3. The molecule has 280 valence electrons. The van der Waals surface area contributed by atoms with Crippen molar-refractivity contribution in [2.24, 2.45) is 5.92 Å². The van der Waals surface area contributed by atoms with Crippen molar-refractivity contribution in [1.29, 1.82) is 0 Å². The third kappa shape index (κ3) is 8.00. The number of anilines is 3. The molecule has 2 saturated heterocycles. The molecule has 12 nitrogen and oxygen atoms in total. The highest BCUT2D eigenvalue weighted by Gasteiger charge is 2.32. The third-order valence-electron chi connectivity index (χ3n) is 10.8. The Balaban J connectivity index is 1.04. The van der Waals surface area contributed by atoms with E-state index in [0.717, 1.165) is 80.6 Å². The fraction of sp³-hybridized carbons (Fsp3) is 0.447. The number of halogens is 3. The predicted molar refractivity (Wildman–Crippen MR) is 194 cm³/mol. The molecule has 0 bridgehead atoms. The Labute approximate surface area is 305 Å². The summed E-state index contributed by atoms with van der Waals surface area (Å²) >= 11 is 0. The number of piperidine rings is 1. The number of nitrogens with one attached hydrogen (secondary N) is 2. The van der Waals surface area contributed by atoms with Crippen LogP contribution in [0.4, 0.5) is 35.3 Å². The van der Waals surface area contributed by atoms with E-state index in [-0.39, 0.29) is 36.5 Å². The lowest BCUT2D eigenvalue weighted by molar-refractivity contribution is -0.137. The average molecular weight is 733 g/mol. The van der Waals surface area contributed by atoms with Gasteiger partial charge in [0.15, 0.2) is 0 Å². The van der Waals surface area contributed by atoms with Crippen LogP contribution in [0.15, 0.2) is 60.8 Å². The molecule has 3 fully saturated rings. The summed E-state index contributed by atoms with van der Waals surface area (Å²) in [7, 11) is 2.09. The summed E-state index contributed by atoms with van der Waals surface area (Å²) in [6.07, 6.45) is 2.40. The highest BCUT2D eigenvalue weighted by molar-refractivity contribution is 6.05. The van der Waals surface area contributed by atoms with Crippen molar-refractivity contribution in [2.75, 3.05) is 48.4 Å². The van der Waals surface area contributed by atoms with E-state index in [9.17, 15) is 32.7 Å². The van der Waals surface area contributed by atoms with Gasteiger partial charge in [-0.25, -0.2) is 9.78 Å². The fourth-order valence-electron chi connectivity index (χ4n) is 7.76. The summed E-state index contributed by atoms with van der Waals surface area (Å²) in [5.74, 6) is -0.433. The van der Waals surface area contributed by atoms with Crippen molar-refractivity contribution < 1.29 is 32.7 Å². The number of rotatable bonds is 9. The van der Waals surface area contributed by atoms with E-state index in [2.05, 4.69) is 38.5 Å². The Hall–Kier alpha value is -5.02. The van der Waals surface area contributed by atoms with Crippen molar-refractivity contribution in [3.63, 3.8) is 0 Å². The van der Waals surface area contributed by atoms with Crippen LogP contribution in [0.2, 0.25) is 0 Å². The van der Waals surface area contributed by atoms with Crippen LogP contribution in [0.25, 0.3) is 11.0 Å². The zero-order valence-corrected chi connectivity index (χ0v) is 29.5. The number of hydrogen-bond donors (Lipinski definition) is 3. The van der Waals surface area contributed by atoms with E-state index in [1.165, 1.54) is 17.0 Å². The summed E-state index contributed by atoms with van der Waals surface area (Å²) in [6, 6.07) is 14.1. The van der Waals surface area contributed by atoms with Gasteiger partial charge in [-0.3, -0.25) is 35.0 Å². The van der Waals surface area contributed by atoms with Gasteiger partial charge in [0.05, 0.1) is 34.2 Å². The number of benzene rings is 2. The van der Waals surface area contributed by atoms with Crippen LogP contribution in [0, 0.1) is 5.92 Å². The fourth-order valence-corrected chi connectivity index (χ4v) is 7.76. The number of imidazole rings is 1. The van der Waals surface area contributed by atoms with Crippen LogP contribution in [0.1, 0.15) is 72.6 Å². The number of aromatic nitrogens is 3. The Bertz CT molecular complexity index is 1970.